The number of urea groups is 1. The standard InChI is InChI=1S/C16H15F5N4O3/c1-2-25(8-12(26)16(19,20)21)15(27)24-13-6-9(3-4-22-13)28-10-5-11(17)14(18)23-7-10/h3-7,12,26H,2,8H2,1H3,(H,22,24,27)/t12-/m1/s1. The van der Waals surface area contributed by atoms with Gasteiger partial charge in [0.25, 0.3) is 0 Å². The van der Waals surface area contributed by atoms with E-state index in [2.05, 4.69) is 15.3 Å². The van der Waals surface area contributed by atoms with Gasteiger partial charge in [0.05, 0.1) is 12.7 Å². The molecule has 2 aromatic rings. The lowest BCUT2D eigenvalue weighted by atomic mass is 10.3. The van der Waals surface area contributed by atoms with E-state index in [0.717, 1.165) is 17.2 Å². The first-order chi connectivity index (χ1) is 13.1. The third-order valence-electron chi connectivity index (χ3n) is 3.41. The SMILES string of the molecule is CCN(C[C@@H](O)C(F)(F)F)C(=O)Nc1cc(Oc2cnc(F)c(F)c2)ccn1. The van der Waals surface area contributed by atoms with Gasteiger partial charge in [0.2, 0.25) is 5.95 Å². The molecule has 2 rings (SSSR count). The summed E-state index contributed by atoms with van der Waals surface area (Å²) >= 11 is 0. The second-order valence-corrected chi connectivity index (χ2v) is 5.45. The van der Waals surface area contributed by atoms with Crippen LogP contribution in [0.1, 0.15) is 6.92 Å². The number of halogens is 5. The number of hydrogen-bond donors (Lipinski definition) is 2. The molecule has 12 heteroatoms. The summed E-state index contributed by atoms with van der Waals surface area (Å²) in [5.41, 5.74) is 0. The van der Waals surface area contributed by atoms with E-state index in [4.69, 9.17) is 9.84 Å². The van der Waals surface area contributed by atoms with E-state index >= 15 is 0 Å². The number of ether oxygens (including phenoxy) is 1. The number of aliphatic hydroxyl groups is 1. The molecule has 2 N–H and O–H groups in total. The number of pyridine rings is 2. The van der Waals surface area contributed by atoms with Gasteiger partial charge < -0.3 is 14.7 Å². The molecular formula is C16H15F5N4O3. The van der Waals surface area contributed by atoms with E-state index in [1.54, 1.807) is 0 Å². The maximum absolute atomic E-state index is 13.2. The van der Waals surface area contributed by atoms with E-state index in [-0.39, 0.29) is 23.9 Å². The quantitative estimate of drug-likeness (QED) is 0.568. The molecule has 28 heavy (non-hydrogen) atoms. The van der Waals surface area contributed by atoms with Crippen LogP contribution < -0.4 is 10.1 Å². The fourth-order valence-corrected chi connectivity index (χ4v) is 2.00. The number of carbonyl (C=O) groups is 1. The van der Waals surface area contributed by atoms with Gasteiger partial charge in [-0.15, -0.1) is 0 Å². The van der Waals surface area contributed by atoms with E-state index in [1.807, 2.05) is 0 Å². The highest BCUT2D eigenvalue weighted by Gasteiger charge is 2.39. The van der Waals surface area contributed by atoms with Gasteiger partial charge >= 0.3 is 12.2 Å². The minimum absolute atomic E-state index is 0.0713. The Morgan fingerprint density at radius 2 is 2.00 bits per heavy atom. The number of likely N-dealkylation sites (N-methyl/N-ethyl adjacent to an activating group) is 1. The van der Waals surface area contributed by atoms with Crippen molar-refractivity contribution < 1.29 is 36.6 Å². The van der Waals surface area contributed by atoms with Crippen LogP contribution in [0.15, 0.2) is 30.6 Å². The average molecular weight is 406 g/mol. The zero-order valence-corrected chi connectivity index (χ0v) is 14.4. The Hall–Kier alpha value is -3.02. The topological polar surface area (TPSA) is 87.6 Å². The first-order valence-electron chi connectivity index (χ1n) is 7.85. The molecule has 0 saturated heterocycles. The Morgan fingerprint density at radius 1 is 1.29 bits per heavy atom. The molecule has 1 atom stereocenters. The van der Waals surface area contributed by atoms with Crippen LogP contribution in [0.25, 0.3) is 0 Å². The minimum atomic E-state index is -4.86. The number of rotatable bonds is 6. The first-order valence-corrected chi connectivity index (χ1v) is 7.85. The number of amides is 2. The van der Waals surface area contributed by atoms with Gasteiger partial charge in [-0.3, -0.25) is 5.32 Å². The highest BCUT2D eigenvalue weighted by Crippen LogP contribution is 2.24. The van der Waals surface area contributed by atoms with Crippen LogP contribution in [0, 0.1) is 11.8 Å². The summed E-state index contributed by atoms with van der Waals surface area (Å²) < 4.78 is 68.6. The molecule has 0 aromatic carbocycles. The molecule has 0 spiro atoms. The van der Waals surface area contributed by atoms with Crippen molar-refractivity contribution in [3.8, 4) is 11.5 Å². The van der Waals surface area contributed by atoms with Crippen LogP contribution in [0.5, 0.6) is 11.5 Å². The van der Waals surface area contributed by atoms with Crippen molar-refractivity contribution in [3.05, 3.63) is 42.4 Å². The largest absolute Gasteiger partial charge is 0.455 e. The molecule has 2 heterocycles. The summed E-state index contributed by atoms with van der Waals surface area (Å²) in [5, 5.41) is 11.4. The summed E-state index contributed by atoms with van der Waals surface area (Å²) in [6, 6.07) is 2.40. The molecule has 2 amide bonds. The molecule has 0 aliphatic rings. The summed E-state index contributed by atoms with van der Waals surface area (Å²) in [6.45, 7) is 0.379. The maximum atomic E-state index is 13.2. The number of aliphatic hydroxyl groups excluding tert-OH is 1. The lowest BCUT2D eigenvalue weighted by molar-refractivity contribution is -0.206. The van der Waals surface area contributed by atoms with Crippen molar-refractivity contribution in [2.75, 3.05) is 18.4 Å². The third-order valence-corrected chi connectivity index (χ3v) is 3.41. The van der Waals surface area contributed by atoms with Gasteiger partial charge in [-0.05, 0) is 13.0 Å². The Balaban J connectivity index is 2.06. The van der Waals surface area contributed by atoms with E-state index in [0.29, 0.717) is 0 Å². The molecule has 0 aliphatic carbocycles. The van der Waals surface area contributed by atoms with Gasteiger partial charge in [0.15, 0.2) is 11.9 Å². The molecule has 0 unspecified atom stereocenters. The summed E-state index contributed by atoms with van der Waals surface area (Å²) in [4.78, 5) is 19.8. The lowest BCUT2D eigenvalue weighted by Gasteiger charge is -2.25. The van der Waals surface area contributed by atoms with Crippen molar-refractivity contribution >= 4 is 11.8 Å². The fraction of sp³-hybridized carbons (Fsp3) is 0.312. The molecule has 0 aliphatic heterocycles. The van der Waals surface area contributed by atoms with Crippen molar-refractivity contribution in [1.29, 1.82) is 0 Å². The van der Waals surface area contributed by atoms with Gasteiger partial charge in [-0.2, -0.15) is 17.6 Å². The molecule has 0 fully saturated rings. The van der Waals surface area contributed by atoms with Crippen molar-refractivity contribution in [1.82, 2.24) is 14.9 Å². The van der Waals surface area contributed by atoms with Crippen LogP contribution in [0.4, 0.5) is 32.6 Å². The number of anilines is 1. The number of nitrogens with one attached hydrogen (secondary N) is 1. The normalized spacial score (nSPS) is 12.4. The second kappa shape index (κ2) is 8.78. The Morgan fingerprint density at radius 3 is 2.61 bits per heavy atom. The van der Waals surface area contributed by atoms with Gasteiger partial charge in [0, 0.05) is 24.9 Å². The molecule has 152 valence electrons. The van der Waals surface area contributed by atoms with E-state index in [9.17, 15) is 26.7 Å². The minimum Gasteiger partial charge on any atom is -0.455 e. The number of aromatic nitrogens is 2. The maximum Gasteiger partial charge on any atom is 0.416 e. The number of carbonyl (C=O) groups excluding carboxylic acids is 1. The van der Waals surface area contributed by atoms with Gasteiger partial charge in [-0.1, -0.05) is 0 Å². The molecule has 7 nitrogen and oxygen atoms in total. The first kappa shape index (κ1) is 21.3. The zero-order chi connectivity index (χ0) is 20.9. The predicted octanol–water partition coefficient (Wildman–Crippen LogP) is 3.32. The Kier molecular flexibility index (Phi) is 6.67. The fourth-order valence-electron chi connectivity index (χ4n) is 2.00. The van der Waals surface area contributed by atoms with Crippen molar-refractivity contribution in [2.45, 2.75) is 19.2 Å². The van der Waals surface area contributed by atoms with Crippen LogP contribution in [-0.4, -0.2) is 51.4 Å². The number of alkyl halides is 3. The predicted molar refractivity (Wildman–Crippen MR) is 86.8 cm³/mol. The second-order valence-electron chi connectivity index (χ2n) is 5.45. The van der Waals surface area contributed by atoms with E-state index in [1.165, 1.54) is 25.3 Å². The molecule has 0 radical (unpaired) electrons. The van der Waals surface area contributed by atoms with Crippen LogP contribution in [0.2, 0.25) is 0 Å². The van der Waals surface area contributed by atoms with Crippen LogP contribution in [-0.2, 0) is 0 Å². The van der Waals surface area contributed by atoms with Crippen molar-refractivity contribution in [3.63, 3.8) is 0 Å². The van der Waals surface area contributed by atoms with E-state index < -0.39 is 36.6 Å². The number of nitrogens with zero attached hydrogens (tertiary/aromatic N) is 3. The summed E-state index contributed by atoms with van der Waals surface area (Å²) in [5.74, 6) is -2.63. The smallest absolute Gasteiger partial charge is 0.416 e. The molecule has 0 bridgehead atoms. The number of hydrogen-bond acceptors (Lipinski definition) is 5. The summed E-state index contributed by atoms with van der Waals surface area (Å²) in [7, 11) is 0. The highest BCUT2D eigenvalue weighted by molar-refractivity contribution is 5.88. The molecule has 2 aromatic heterocycles. The lowest BCUT2D eigenvalue weighted by Crippen LogP contribution is -2.45. The zero-order valence-electron chi connectivity index (χ0n) is 14.4. The van der Waals surface area contributed by atoms with Crippen LogP contribution in [0.3, 0.4) is 0 Å². The summed E-state index contributed by atoms with van der Waals surface area (Å²) in [6.07, 6.45) is -5.40. The molecular weight excluding hydrogens is 391 g/mol. The Bertz CT molecular complexity index is 834. The van der Waals surface area contributed by atoms with Crippen molar-refractivity contribution in [2.24, 2.45) is 0 Å². The Labute approximate surface area is 155 Å². The highest BCUT2D eigenvalue weighted by atomic mass is 19.4. The van der Waals surface area contributed by atoms with Crippen LogP contribution >= 0.6 is 0 Å². The van der Waals surface area contributed by atoms with Gasteiger partial charge in [-0.25, -0.2) is 19.2 Å². The monoisotopic (exact) mass is 406 g/mol. The third kappa shape index (κ3) is 5.74. The molecule has 0 saturated carbocycles. The average Bonchev–Trinajstić information content (AvgIpc) is 2.62. The van der Waals surface area contributed by atoms with Gasteiger partial charge in [0.1, 0.15) is 17.3 Å².